The summed E-state index contributed by atoms with van der Waals surface area (Å²) in [6.07, 6.45) is 3.38. The quantitative estimate of drug-likeness (QED) is 0.852. The monoisotopic (exact) mass is 241 g/mol. The second kappa shape index (κ2) is 4.34. The van der Waals surface area contributed by atoms with Gasteiger partial charge in [0.1, 0.15) is 5.82 Å². The molecule has 1 aromatic carbocycles. The summed E-state index contributed by atoms with van der Waals surface area (Å²) in [6.45, 7) is 2.19. The van der Waals surface area contributed by atoms with Crippen LogP contribution in [0.1, 0.15) is 25.3 Å². The highest BCUT2D eigenvalue weighted by Crippen LogP contribution is 2.51. The van der Waals surface area contributed by atoms with Crippen molar-refractivity contribution in [3.63, 3.8) is 0 Å². The molecule has 2 rings (SSSR count). The van der Waals surface area contributed by atoms with Crippen LogP contribution in [-0.4, -0.2) is 13.1 Å². The summed E-state index contributed by atoms with van der Waals surface area (Å²) in [5.74, 6) is -0.313. The van der Waals surface area contributed by atoms with E-state index >= 15 is 0 Å². The maximum Gasteiger partial charge on any atom is 0.142 e. The van der Waals surface area contributed by atoms with Gasteiger partial charge in [0.25, 0.3) is 0 Å². The molecule has 1 saturated carbocycles. The van der Waals surface area contributed by atoms with Crippen molar-refractivity contribution in [3.05, 3.63) is 34.6 Å². The number of rotatable bonds is 4. The Labute approximate surface area is 101 Å². The molecular weight excluding hydrogens is 225 g/mol. The van der Waals surface area contributed by atoms with E-state index in [-0.39, 0.29) is 10.8 Å². The van der Waals surface area contributed by atoms with Crippen molar-refractivity contribution in [2.24, 2.45) is 5.41 Å². The normalized spacial score (nSPS) is 19.5. The second-order valence-electron chi connectivity index (χ2n) is 4.80. The van der Waals surface area contributed by atoms with Gasteiger partial charge in [-0.15, -0.1) is 0 Å². The number of halogens is 2. The SMILES string of the molecule is CNC(C)C1(Cc2ccc(Cl)c(F)c2)CC1. The van der Waals surface area contributed by atoms with Crippen LogP contribution < -0.4 is 5.32 Å². The van der Waals surface area contributed by atoms with Crippen molar-refractivity contribution in [1.82, 2.24) is 5.32 Å². The van der Waals surface area contributed by atoms with Crippen LogP contribution in [0.15, 0.2) is 18.2 Å². The molecule has 16 heavy (non-hydrogen) atoms. The van der Waals surface area contributed by atoms with E-state index in [2.05, 4.69) is 12.2 Å². The van der Waals surface area contributed by atoms with Gasteiger partial charge >= 0.3 is 0 Å². The van der Waals surface area contributed by atoms with Gasteiger partial charge in [-0.2, -0.15) is 0 Å². The smallest absolute Gasteiger partial charge is 0.142 e. The van der Waals surface area contributed by atoms with Crippen LogP contribution in [0.3, 0.4) is 0 Å². The summed E-state index contributed by atoms with van der Waals surface area (Å²) in [6, 6.07) is 5.61. The first kappa shape index (κ1) is 11.9. The first-order valence-corrected chi connectivity index (χ1v) is 6.06. The lowest BCUT2D eigenvalue weighted by Gasteiger charge is -2.23. The topological polar surface area (TPSA) is 12.0 Å². The summed E-state index contributed by atoms with van der Waals surface area (Å²) in [5.41, 5.74) is 1.37. The van der Waals surface area contributed by atoms with Gasteiger partial charge in [0.15, 0.2) is 0 Å². The van der Waals surface area contributed by atoms with Crippen molar-refractivity contribution in [3.8, 4) is 0 Å². The third kappa shape index (κ3) is 2.23. The van der Waals surface area contributed by atoms with Gasteiger partial charge < -0.3 is 5.32 Å². The Bertz CT molecular complexity index is 388. The Hall–Kier alpha value is -0.600. The average molecular weight is 242 g/mol. The van der Waals surface area contributed by atoms with Crippen LogP contribution in [-0.2, 0) is 6.42 Å². The van der Waals surface area contributed by atoms with Crippen molar-refractivity contribution in [2.45, 2.75) is 32.2 Å². The number of hydrogen-bond acceptors (Lipinski definition) is 1. The fraction of sp³-hybridized carbons (Fsp3) is 0.538. The van der Waals surface area contributed by atoms with Crippen LogP contribution in [0.5, 0.6) is 0 Å². The molecule has 1 aliphatic carbocycles. The van der Waals surface area contributed by atoms with E-state index in [1.165, 1.54) is 12.8 Å². The van der Waals surface area contributed by atoms with Gasteiger partial charge in [-0.25, -0.2) is 4.39 Å². The Kier molecular flexibility index (Phi) is 3.22. The average Bonchev–Trinajstić information content (AvgIpc) is 3.03. The van der Waals surface area contributed by atoms with Gasteiger partial charge in [0.2, 0.25) is 0 Å². The zero-order chi connectivity index (χ0) is 11.8. The first-order chi connectivity index (χ1) is 7.57. The lowest BCUT2D eigenvalue weighted by molar-refractivity contribution is 0.369. The summed E-state index contributed by atoms with van der Waals surface area (Å²) in [7, 11) is 1.98. The number of nitrogens with one attached hydrogen (secondary N) is 1. The van der Waals surface area contributed by atoms with Crippen LogP contribution in [0.4, 0.5) is 4.39 Å². The van der Waals surface area contributed by atoms with Gasteiger partial charge in [-0.1, -0.05) is 17.7 Å². The third-order valence-corrected chi connectivity index (χ3v) is 4.09. The van der Waals surface area contributed by atoms with Gasteiger partial charge in [0, 0.05) is 6.04 Å². The van der Waals surface area contributed by atoms with Crippen LogP contribution in [0, 0.1) is 11.2 Å². The lowest BCUT2D eigenvalue weighted by atomic mass is 9.90. The van der Waals surface area contributed by atoms with Crippen molar-refractivity contribution in [2.75, 3.05) is 7.05 Å². The molecule has 0 radical (unpaired) electrons. The van der Waals surface area contributed by atoms with Crippen molar-refractivity contribution < 1.29 is 4.39 Å². The largest absolute Gasteiger partial charge is 0.317 e. The molecule has 1 unspecified atom stereocenters. The standard InChI is InChI=1S/C13H17ClFN/c1-9(16-2)13(5-6-13)8-10-3-4-11(14)12(15)7-10/h3-4,7,9,16H,5-6,8H2,1-2H3. The van der Waals surface area contributed by atoms with E-state index in [9.17, 15) is 4.39 Å². The minimum absolute atomic E-state index is 0.204. The second-order valence-corrected chi connectivity index (χ2v) is 5.21. The molecule has 0 aromatic heterocycles. The van der Waals surface area contributed by atoms with Crippen LogP contribution in [0.2, 0.25) is 5.02 Å². The molecule has 1 nitrogen and oxygen atoms in total. The van der Waals surface area contributed by atoms with E-state index in [0.717, 1.165) is 12.0 Å². The number of benzene rings is 1. The van der Waals surface area contributed by atoms with E-state index in [1.807, 2.05) is 13.1 Å². The molecule has 3 heteroatoms. The predicted octanol–water partition coefficient (Wildman–Crippen LogP) is 3.41. The Morgan fingerprint density at radius 2 is 2.19 bits per heavy atom. The highest BCUT2D eigenvalue weighted by molar-refractivity contribution is 6.30. The van der Waals surface area contributed by atoms with Gasteiger partial charge in [-0.3, -0.25) is 0 Å². The maximum atomic E-state index is 13.3. The van der Waals surface area contributed by atoms with Crippen LogP contribution >= 0.6 is 11.6 Å². The molecule has 1 N–H and O–H groups in total. The minimum Gasteiger partial charge on any atom is -0.317 e. The molecule has 1 aromatic rings. The summed E-state index contributed by atoms with van der Waals surface area (Å²) in [5, 5.41) is 3.50. The molecule has 0 amide bonds. The zero-order valence-electron chi connectivity index (χ0n) is 9.69. The van der Waals surface area contributed by atoms with E-state index in [1.54, 1.807) is 12.1 Å². The molecule has 0 bridgehead atoms. The molecule has 1 aliphatic rings. The Morgan fingerprint density at radius 3 is 2.69 bits per heavy atom. The maximum absolute atomic E-state index is 13.3. The van der Waals surface area contributed by atoms with Crippen LogP contribution in [0.25, 0.3) is 0 Å². The molecule has 0 spiro atoms. The highest BCUT2D eigenvalue weighted by atomic mass is 35.5. The summed E-state index contributed by atoms with van der Waals surface area (Å²) in [4.78, 5) is 0. The molecule has 1 fully saturated rings. The van der Waals surface area contributed by atoms with E-state index < -0.39 is 0 Å². The predicted molar refractivity (Wildman–Crippen MR) is 65.3 cm³/mol. The van der Waals surface area contributed by atoms with Gasteiger partial charge in [-0.05, 0) is 56.3 Å². The molecule has 0 heterocycles. The lowest BCUT2D eigenvalue weighted by Crippen LogP contribution is -2.33. The molecule has 1 atom stereocenters. The minimum atomic E-state index is -0.313. The van der Waals surface area contributed by atoms with E-state index in [0.29, 0.717) is 11.5 Å². The van der Waals surface area contributed by atoms with Crippen molar-refractivity contribution >= 4 is 11.6 Å². The van der Waals surface area contributed by atoms with Crippen molar-refractivity contribution in [1.29, 1.82) is 0 Å². The Morgan fingerprint density at radius 1 is 1.50 bits per heavy atom. The van der Waals surface area contributed by atoms with Gasteiger partial charge in [0.05, 0.1) is 5.02 Å². The highest BCUT2D eigenvalue weighted by Gasteiger charge is 2.46. The molecule has 88 valence electrons. The first-order valence-electron chi connectivity index (χ1n) is 5.68. The molecule has 0 aliphatic heterocycles. The molecular formula is C13H17ClFN. The fourth-order valence-electron chi connectivity index (χ4n) is 2.29. The number of hydrogen-bond donors (Lipinski definition) is 1. The zero-order valence-corrected chi connectivity index (χ0v) is 10.4. The van der Waals surface area contributed by atoms with E-state index in [4.69, 9.17) is 11.6 Å². The third-order valence-electron chi connectivity index (χ3n) is 3.78. The summed E-state index contributed by atoms with van der Waals surface area (Å²) >= 11 is 5.67. The fourth-order valence-corrected chi connectivity index (χ4v) is 2.40. The summed E-state index contributed by atoms with van der Waals surface area (Å²) < 4.78 is 13.3. The Balaban J connectivity index is 2.12. The molecule has 0 saturated heterocycles.